The van der Waals surface area contributed by atoms with Crippen molar-refractivity contribution >= 4 is 26.4 Å². The van der Waals surface area contributed by atoms with E-state index in [1.807, 2.05) is 43.3 Å². The number of hydrogen-bond acceptors (Lipinski definition) is 3. The zero-order chi connectivity index (χ0) is 27.9. The molecule has 0 saturated heterocycles. The number of aryl methyl sites for hydroxylation is 1. The van der Waals surface area contributed by atoms with E-state index in [9.17, 15) is 8.42 Å². The highest BCUT2D eigenvalue weighted by atomic mass is 32.2. The van der Waals surface area contributed by atoms with Crippen LogP contribution in [0, 0.1) is 30.4 Å². The van der Waals surface area contributed by atoms with Gasteiger partial charge in [-0.25, -0.2) is 12.7 Å². The first-order chi connectivity index (χ1) is 17.0. The van der Waals surface area contributed by atoms with Crippen LogP contribution >= 0.6 is 0 Å². The highest BCUT2D eigenvalue weighted by Crippen LogP contribution is 2.36. The number of hydrogen-bond donors (Lipinski definition) is 0. The number of unbranched alkanes of at least 4 members (excludes halogenated alkanes) is 1. The molecule has 0 radical (unpaired) electrons. The molecule has 2 aromatic rings. The molecule has 0 bridgehead atoms. The van der Waals surface area contributed by atoms with Crippen molar-refractivity contribution in [2.45, 2.75) is 83.2 Å². The Morgan fingerprint density at radius 3 is 1.97 bits per heavy atom. The molecule has 2 aromatic carbocycles. The molecule has 0 atom stereocenters. The Kier molecular flexibility index (Phi) is 10.4. The van der Waals surface area contributed by atoms with Gasteiger partial charge in [0.15, 0.2) is 8.32 Å². The van der Waals surface area contributed by atoms with Crippen molar-refractivity contribution < 1.29 is 12.8 Å². The van der Waals surface area contributed by atoms with Crippen LogP contribution in [-0.2, 0) is 14.4 Å². The molecule has 2 rings (SSSR count). The Morgan fingerprint density at radius 2 is 1.43 bits per heavy atom. The minimum atomic E-state index is -3.78. The van der Waals surface area contributed by atoms with Gasteiger partial charge in [0.05, 0.1) is 4.90 Å². The molecule has 4 nitrogen and oxygen atoms in total. The van der Waals surface area contributed by atoms with Gasteiger partial charge in [-0.3, -0.25) is 0 Å². The van der Waals surface area contributed by atoms with Crippen LogP contribution in [0.5, 0.6) is 0 Å². The lowest BCUT2D eigenvalue weighted by molar-refractivity contribution is 0.276. The number of sulfonamides is 1. The summed E-state index contributed by atoms with van der Waals surface area (Å²) >= 11 is 0. The van der Waals surface area contributed by atoms with E-state index in [0.717, 1.165) is 23.1 Å². The van der Waals surface area contributed by atoms with E-state index in [4.69, 9.17) is 4.43 Å². The topological polar surface area (TPSA) is 46.6 Å². The second kappa shape index (κ2) is 12.5. The molecule has 0 aliphatic heterocycles. The third-order valence-electron chi connectivity index (χ3n) is 6.45. The van der Waals surface area contributed by atoms with E-state index in [2.05, 4.69) is 76.9 Å². The average Bonchev–Trinajstić information content (AvgIpc) is 2.78. The smallest absolute Gasteiger partial charge is 0.270 e. The Balaban J connectivity index is 2.30. The predicted octanol–water partition coefficient (Wildman–Crippen LogP) is 7.03. The lowest BCUT2D eigenvalue weighted by atomic mass is 10.1. The first kappa shape index (κ1) is 30.9. The first-order valence-electron chi connectivity index (χ1n) is 12.9. The van der Waals surface area contributed by atoms with E-state index in [1.165, 1.54) is 4.31 Å². The Bertz CT molecular complexity index is 1280. The normalized spacial score (nSPS) is 12.2. The monoisotopic (exact) mass is 553 g/mol. The largest absolute Gasteiger partial charge is 0.417 e. The molecule has 0 aromatic heterocycles. The van der Waals surface area contributed by atoms with Crippen molar-refractivity contribution in [1.29, 1.82) is 0 Å². The summed E-state index contributed by atoms with van der Waals surface area (Å²) in [4.78, 5) is 0.247. The SMILES string of the molecule is Cc1ccc(S(=O)(=O)N(C#Cc2ccccc2C#C[Si](C)(C)C)CCCCO[Si](C)(C)C(C)(C)C)cc1. The van der Waals surface area contributed by atoms with Crippen LogP contribution in [0.4, 0.5) is 0 Å². The summed E-state index contributed by atoms with van der Waals surface area (Å²) in [7, 11) is -7.17. The summed E-state index contributed by atoms with van der Waals surface area (Å²) in [6, 6.07) is 17.6. The van der Waals surface area contributed by atoms with Crippen molar-refractivity contribution in [2.75, 3.05) is 13.2 Å². The van der Waals surface area contributed by atoms with Gasteiger partial charge in [0.25, 0.3) is 10.0 Å². The summed E-state index contributed by atoms with van der Waals surface area (Å²) in [5.41, 5.74) is 5.95. The van der Waals surface area contributed by atoms with Gasteiger partial charge in [0, 0.05) is 30.3 Å². The van der Waals surface area contributed by atoms with Crippen molar-refractivity contribution in [3.05, 3.63) is 65.2 Å². The Labute approximate surface area is 228 Å². The van der Waals surface area contributed by atoms with Crippen LogP contribution < -0.4 is 0 Å². The maximum atomic E-state index is 13.5. The fourth-order valence-electron chi connectivity index (χ4n) is 3.05. The zero-order valence-corrected chi connectivity index (χ0v) is 26.8. The molecule has 0 fully saturated rings. The quantitative estimate of drug-likeness (QED) is 0.153. The lowest BCUT2D eigenvalue weighted by Gasteiger charge is -2.36. The lowest BCUT2D eigenvalue weighted by Crippen LogP contribution is -2.41. The molecule has 0 unspecified atom stereocenters. The van der Waals surface area contributed by atoms with Crippen LogP contribution in [0.1, 0.15) is 50.3 Å². The van der Waals surface area contributed by atoms with Crippen LogP contribution in [0.3, 0.4) is 0 Å². The molecular formula is C30H43NO3SSi2. The Hall–Kier alpha value is -2.30. The van der Waals surface area contributed by atoms with Gasteiger partial charge in [-0.2, -0.15) is 0 Å². The van der Waals surface area contributed by atoms with Crippen LogP contribution in [0.15, 0.2) is 53.4 Å². The molecule has 0 amide bonds. The summed E-state index contributed by atoms with van der Waals surface area (Å²) < 4.78 is 34.6. The van der Waals surface area contributed by atoms with Crippen LogP contribution in [0.2, 0.25) is 37.8 Å². The molecular weight excluding hydrogens is 511 g/mol. The van der Waals surface area contributed by atoms with Crippen molar-refractivity contribution in [2.24, 2.45) is 0 Å². The molecule has 0 spiro atoms. The van der Waals surface area contributed by atoms with Gasteiger partial charge in [-0.1, -0.05) is 76.2 Å². The minimum Gasteiger partial charge on any atom is -0.417 e. The van der Waals surface area contributed by atoms with E-state index < -0.39 is 26.4 Å². The minimum absolute atomic E-state index is 0.144. The van der Waals surface area contributed by atoms with Crippen molar-refractivity contribution in [1.82, 2.24) is 4.31 Å². The molecule has 0 heterocycles. The van der Waals surface area contributed by atoms with E-state index in [1.54, 1.807) is 12.1 Å². The molecule has 0 N–H and O–H groups in total. The van der Waals surface area contributed by atoms with Gasteiger partial charge in [-0.05, 0) is 68.1 Å². The Morgan fingerprint density at radius 1 is 0.865 bits per heavy atom. The molecule has 0 aliphatic carbocycles. The summed E-state index contributed by atoms with van der Waals surface area (Å²) in [6.45, 7) is 20.6. The second-order valence-corrected chi connectivity index (χ2v) is 23.4. The third-order valence-corrected chi connectivity index (χ3v) is 13.6. The van der Waals surface area contributed by atoms with Gasteiger partial charge in [0.2, 0.25) is 0 Å². The number of benzene rings is 2. The fourth-order valence-corrected chi connectivity index (χ4v) is 5.92. The number of rotatable bonds is 8. The van der Waals surface area contributed by atoms with Crippen LogP contribution in [-0.4, -0.2) is 42.3 Å². The standard InChI is InChI=1S/C30H43NO3SSi2/c1-26-16-18-29(19-17-26)35(32,33)31(22-12-13-24-34-37(8,9)30(2,3)4)23-20-27-14-10-11-15-28(27)21-25-36(5,6)7/h10-11,14-19H,12-13,22,24H2,1-9H3. The van der Waals surface area contributed by atoms with Crippen molar-refractivity contribution in [3.63, 3.8) is 0 Å². The van der Waals surface area contributed by atoms with Gasteiger partial charge in [-0.15, -0.1) is 5.54 Å². The van der Waals surface area contributed by atoms with Crippen molar-refractivity contribution in [3.8, 4) is 23.4 Å². The molecule has 7 heteroatoms. The second-order valence-electron chi connectivity index (χ2n) is 12.0. The summed E-state index contributed by atoms with van der Waals surface area (Å²) in [6.07, 6.45) is 1.43. The first-order valence-corrected chi connectivity index (χ1v) is 20.7. The molecule has 200 valence electrons. The number of nitrogens with zero attached hydrogens (tertiary/aromatic N) is 1. The van der Waals surface area contributed by atoms with Crippen LogP contribution in [0.25, 0.3) is 0 Å². The highest BCUT2D eigenvalue weighted by molar-refractivity contribution is 7.89. The highest BCUT2D eigenvalue weighted by Gasteiger charge is 2.36. The molecule has 37 heavy (non-hydrogen) atoms. The van der Waals surface area contributed by atoms with E-state index in [-0.39, 0.29) is 9.93 Å². The third kappa shape index (κ3) is 9.50. The average molecular weight is 554 g/mol. The zero-order valence-electron chi connectivity index (χ0n) is 24.0. The van der Waals surface area contributed by atoms with Gasteiger partial charge >= 0.3 is 0 Å². The van der Waals surface area contributed by atoms with Gasteiger partial charge < -0.3 is 4.43 Å². The van der Waals surface area contributed by atoms with E-state index >= 15 is 0 Å². The maximum Gasteiger partial charge on any atom is 0.270 e. The summed E-state index contributed by atoms with van der Waals surface area (Å²) in [5.74, 6) is 6.38. The summed E-state index contributed by atoms with van der Waals surface area (Å²) in [5, 5.41) is 0.144. The van der Waals surface area contributed by atoms with E-state index in [0.29, 0.717) is 19.6 Å². The van der Waals surface area contributed by atoms with Gasteiger partial charge in [0.1, 0.15) is 8.07 Å². The maximum absolute atomic E-state index is 13.5. The predicted molar refractivity (Wildman–Crippen MR) is 161 cm³/mol. The molecule has 0 aliphatic rings. The molecule has 0 saturated carbocycles. The fraction of sp³-hybridized carbons (Fsp3) is 0.467.